The van der Waals surface area contributed by atoms with E-state index in [0.29, 0.717) is 5.57 Å². The number of hydrogen-bond acceptors (Lipinski definition) is 3. The third-order valence-corrected chi connectivity index (χ3v) is 2.74. The zero-order valence-corrected chi connectivity index (χ0v) is 6.84. The smallest absolute Gasteiger partial charge is 0.257 e. The Hall–Kier alpha value is -1.34. The third kappa shape index (κ3) is 0.908. The van der Waals surface area contributed by atoms with E-state index in [1.807, 2.05) is 11.5 Å². The Kier molecular flexibility index (Phi) is 1.59. The van der Waals surface area contributed by atoms with Crippen molar-refractivity contribution in [1.82, 2.24) is 0 Å². The van der Waals surface area contributed by atoms with Gasteiger partial charge in [0, 0.05) is 11.1 Å². The molecule has 1 unspecified atom stereocenters. The third-order valence-electron chi connectivity index (χ3n) is 1.72. The summed E-state index contributed by atoms with van der Waals surface area (Å²) in [5, 5.41) is 10.5. The fraction of sp³-hybridized carbons (Fsp3) is 0.125. The van der Waals surface area contributed by atoms with Gasteiger partial charge in [0.1, 0.15) is 6.07 Å². The molecule has 0 spiro atoms. The molecule has 0 bridgehead atoms. The van der Waals surface area contributed by atoms with Crippen LogP contribution in [0.3, 0.4) is 0 Å². The summed E-state index contributed by atoms with van der Waals surface area (Å²) in [5.41, 5.74) is 0.509. The topological polar surface area (TPSA) is 53.2 Å². The Bertz CT molecular complexity index is 373. The summed E-state index contributed by atoms with van der Waals surface area (Å²) in [6, 6.07) is 2.01. The number of dihydropyridines is 1. The van der Waals surface area contributed by atoms with Gasteiger partial charge in [-0.25, -0.2) is 4.99 Å². The first-order valence-corrected chi connectivity index (χ1v) is 4.26. The van der Waals surface area contributed by atoms with Gasteiger partial charge in [0.25, 0.3) is 5.91 Å². The van der Waals surface area contributed by atoms with Crippen LogP contribution in [0.5, 0.6) is 0 Å². The molecule has 0 aromatic carbocycles. The predicted octanol–water partition coefficient (Wildman–Crippen LogP) is 1.25. The Morgan fingerprint density at radius 1 is 1.67 bits per heavy atom. The maximum absolute atomic E-state index is 11.1. The normalized spacial score (nSPS) is 25.9. The minimum atomic E-state index is -0.283. The van der Waals surface area contributed by atoms with E-state index >= 15 is 0 Å². The van der Waals surface area contributed by atoms with Crippen molar-refractivity contribution >= 4 is 23.9 Å². The van der Waals surface area contributed by atoms with Crippen LogP contribution in [0.25, 0.3) is 0 Å². The largest absolute Gasteiger partial charge is 0.272 e. The van der Waals surface area contributed by atoms with Crippen LogP contribution < -0.4 is 0 Å². The SMILES string of the molecule is N#CC1=C2SC=CC2C(=O)N=C1. The van der Waals surface area contributed by atoms with E-state index in [4.69, 9.17) is 5.26 Å². The zero-order chi connectivity index (χ0) is 8.55. The maximum Gasteiger partial charge on any atom is 0.257 e. The van der Waals surface area contributed by atoms with Gasteiger partial charge < -0.3 is 0 Å². The fourth-order valence-electron chi connectivity index (χ4n) is 1.13. The summed E-state index contributed by atoms with van der Waals surface area (Å²) in [6.07, 6.45) is 3.12. The van der Waals surface area contributed by atoms with Crippen LogP contribution in [0.15, 0.2) is 27.0 Å². The number of carbonyl (C=O) groups excluding carboxylic acids is 1. The van der Waals surface area contributed by atoms with Crippen LogP contribution in [0.2, 0.25) is 0 Å². The molecule has 0 aliphatic carbocycles. The van der Waals surface area contributed by atoms with Gasteiger partial charge in [0.05, 0.1) is 11.5 Å². The van der Waals surface area contributed by atoms with Gasteiger partial charge in [-0.1, -0.05) is 6.08 Å². The first-order chi connectivity index (χ1) is 5.83. The van der Waals surface area contributed by atoms with Gasteiger partial charge in [-0.05, 0) is 5.41 Å². The molecule has 2 aliphatic rings. The number of allylic oxidation sites excluding steroid dienone is 1. The van der Waals surface area contributed by atoms with E-state index in [2.05, 4.69) is 4.99 Å². The highest BCUT2D eigenvalue weighted by Gasteiger charge is 2.29. The van der Waals surface area contributed by atoms with Crippen molar-refractivity contribution in [2.75, 3.05) is 0 Å². The van der Waals surface area contributed by atoms with E-state index in [1.165, 1.54) is 18.0 Å². The number of rotatable bonds is 0. The molecule has 0 N–H and O–H groups in total. The van der Waals surface area contributed by atoms with E-state index in [1.54, 1.807) is 6.08 Å². The Morgan fingerprint density at radius 3 is 3.25 bits per heavy atom. The molecule has 0 saturated heterocycles. The number of amides is 1. The first-order valence-electron chi connectivity index (χ1n) is 3.38. The molecule has 1 atom stereocenters. The lowest BCUT2D eigenvalue weighted by molar-refractivity contribution is -0.119. The fourth-order valence-corrected chi connectivity index (χ4v) is 2.07. The van der Waals surface area contributed by atoms with Crippen molar-refractivity contribution in [1.29, 1.82) is 5.26 Å². The highest BCUT2D eigenvalue weighted by Crippen LogP contribution is 2.38. The van der Waals surface area contributed by atoms with E-state index in [0.717, 1.165) is 4.91 Å². The molecule has 2 heterocycles. The summed E-state index contributed by atoms with van der Waals surface area (Å²) >= 11 is 1.43. The number of thioether (sulfide) groups is 1. The van der Waals surface area contributed by atoms with Crippen LogP contribution in [-0.4, -0.2) is 12.1 Å². The number of nitriles is 1. The monoisotopic (exact) mass is 176 g/mol. The average molecular weight is 176 g/mol. The van der Waals surface area contributed by atoms with E-state index in [9.17, 15) is 4.79 Å². The molecule has 0 radical (unpaired) electrons. The van der Waals surface area contributed by atoms with Gasteiger partial charge >= 0.3 is 0 Å². The van der Waals surface area contributed by atoms with Crippen molar-refractivity contribution in [2.24, 2.45) is 10.9 Å². The summed E-state index contributed by atoms with van der Waals surface area (Å²) < 4.78 is 0. The highest BCUT2D eigenvalue weighted by atomic mass is 32.2. The average Bonchev–Trinajstić information content (AvgIpc) is 2.54. The van der Waals surface area contributed by atoms with Crippen LogP contribution in [-0.2, 0) is 4.79 Å². The van der Waals surface area contributed by atoms with E-state index < -0.39 is 0 Å². The molecule has 3 nitrogen and oxygen atoms in total. The standard InChI is InChI=1S/C8H4N2OS/c9-3-5-4-10-8(11)6-1-2-12-7(5)6/h1-2,4,6H. The highest BCUT2D eigenvalue weighted by molar-refractivity contribution is 8.06. The lowest BCUT2D eigenvalue weighted by Crippen LogP contribution is -2.14. The zero-order valence-electron chi connectivity index (χ0n) is 6.02. The molecular formula is C8H4N2OS. The van der Waals surface area contributed by atoms with Gasteiger partial charge in [0.2, 0.25) is 0 Å². The van der Waals surface area contributed by atoms with Gasteiger partial charge in [-0.3, -0.25) is 4.79 Å². The van der Waals surface area contributed by atoms with Gasteiger partial charge in [-0.2, -0.15) is 5.26 Å². The van der Waals surface area contributed by atoms with Crippen molar-refractivity contribution in [2.45, 2.75) is 0 Å². The molecule has 12 heavy (non-hydrogen) atoms. The second-order valence-corrected chi connectivity index (χ2v) is 3.36. The first kappa shape index (κ1) is 7.32. The van der Waals surface area contributed by atoms with Crippen LogP contribution in [0.1, 0.15) is 0 Å². The van der Waals surface area contributed by atoms with Crippen LogP contribution in [0.4, 0.5) is 0 Å². The molecule has 0 saturated carbocycles. The molecule has 2 aliphatic heterocycles. The Balaban J connectivity index is 2.50. The van der Waals surface area contributed by atoms with Crippen molar-refractivity contribution in [3.63, 3.8) is 0 Å². The number of nitrogens with zero attached hydrogens (tertiary/aromatic N) is 2. The molecule has 0 aromatic heterocycles. The predicted molar refractivity (Wildman–Crippen MR) is 46.4 cm³/mol. The second kappa shape index (κ2) is 2.61. The molecular weight excluding hydrogens is 172 g/mol. The maximum atomic E-state index is 11.1. The van der Waals surface area contributed by atoms with Gasteiger partial charge in [-0.15, -0.1) is 11.8 Å². The molecule has 2 rings (SSSR count). The summed E-state index contributed by atoms with van der Waals surface area (Å²) in [7, 11) is 0. The number of carbonyl (C=O) groups is 1. The molecule has 0 aromatic rings. The summed E-state index contributed by atoms with van der Waals surface area (Å²) in [5.74, 6) is -0.458. The number of hydrogen-bond donors (Lipinski definition) is 0. The van der Waals surface area contributed by atoms with Crippen LogP contribution in [0, 0.1) is 17.2 Å². The van der Waals surface area contributed by atoms with Crippen molar-refractivity contribution in [3.8, 4) is 6.07 Å². The minimum Gasteiger partial charge on any atom is -0.272 e. The minimum absolute atomic E-state index is 0.176. The van der Waals surface area contributed by atoms with Crippen molar-refractivity contribution in [3.05, 3.63) is 22.0 Å². The number of aliphatic imine (C=N–C) groups is 1. The summed E-state index contributed by atoms with van der Waals surface area (Å²) in [4.78, 5) is 15.6. The quantitative estimate of drug-likeness (QED) is 0.558. The number of fused-ring (bicyclic) bond motifs is 1. The lowest BCUT2D eigenvalue weighted by Gasteiger charge is -2.10. The van der Waals surface area contributed by atoms with Gasteiger partial charge in [0.15, 0.2) is 0 Å². The van der Waals surface area contributed by atoms with Crippen LogP contribution >= 0.6 is 11.8 Å². The lowest BCUT2D eigenvalue weighted by atomic mass is 10.0. The summed E-state index contributed by atoms with van der Waals surface area (Å²) in [6.45, 7) is 0. The Labute approximate surface area is 73.5 Å². The molecule has 58 valence electrons. The Morgan fingerprint density at radius 2 is 2.50 bits per heavy atom. The second-order valence-electron chi connectivity index (χ2n) is 2.41. The molecule has 0 fully saturated rings. The molecule has 1 amide bonds. The van der Waals surface area contributed by atoms with E-state index in [-0.39, 0.29) is 11.8 Å². The van der Waals surface area contributed by atoms with Crippen molar-refractivity contribution < 1.29 is 4.79 Å². The molecule has 4 heteroatoms.